The van der Waals surface area contributed by atoms with Crippen LogP contribution in [0.1, 0.15) is 34.6 Å². The smallest absolute Gasteiger partial charge is 0.336 e. The minimum atomic E-state index is -0.385. The van der Waals surface area contributed by atoms with Gasteiger partial charge in [-0.1, -0.05) is 12.1 Å². The Hall–Kier alpha value is -3.08. The van der Waals surface area contributed by atoms with E-state index in [9.17, 15) is 14.7 Å². The fourth-order valence-electron chi connectivity index (χ4n) is 3.47. The number of phenols is 1. The Balaban J connectivity index is 1.90. The van der Waals surface area contributed by atoms with Gasteiger partial charge in [0.2, 0.25) is 5.91 Å². The minimum absolute atomic E-state index is 0.105. The molecule has 0 fully saturated rings. The zero-order valence-electron chi connectivity index (χ0n) is 13.9. The molecule has 1 atom stereocenters. The molecule has 126 valence electrons. The molecule has 1 aliphatic rings. The first-order valence-electron chi connectivity index (χ1n) is 8.10. The number of benzene rings is 2. The summed E-state index contributed by atoms with van der Waals surface area (Å²) in [6.07, 6.45) is 0.304. The standard InChI is InChI=1S/C20H17NO4/c1-10-6-20(24)25-18-7-12(3-4-13(10)18)14-8-19(23)21-16-9-17(22)11(2)5-15(14)16/h3-7,9,14,22H,8H2,1-2H3,(H,21,23)/t14-/m0/s1. The van der Waals surface area contributed by atoms with Crippen molar-refractivity contribution in [2.45, 2.75) is 26.2 Å². The number of carbonyl (C=O) groups excluding carboxylic acids is 1. The Bertz CT molecular complexity index is 1080. The monoisotopic (exact) mass is 335 g/mol. The number of hydrogen-bond acceptors (Lipinski definition) is 4. The van der Waals surface area contributed by atoms with Crippen LogP contribution < -0.4 is 10.9 Å². The molecule has 2 aromatic carbocycles. The van der Waals surface area contributed by atoms with Gasteiger partial charge in [-0.25, -0.2) is 4.79 Å². The fourth-order valence-corrected chi connectivity index (χ4v) is 3.47. The molecule has 5 nitrogen and oxygen atoms in total. The fraction of sp³-hybridized carbons (Fsp3) is 0.200. The molecule has 3 aromatic rings. The molecule has 2 N–H and O–H groups in total. The summed E-state index contributed by atoms with van der Waals surface area (Å²) in [4.78, 5) is 23.8. The molecule has 0 unspecified atom stereocenters. The summed E-state index contributed by atoms with van der Waals surface area (Å²) in [7, 11) is 0. The number of amides is 1. The Morgan fingerprint density at radius 3 is 2.68 bits per heavy atom. The van der Waals surface area contributed by atoms with E-state index in [-0.39, 0.29) is 23.2 Å². The third-order valence-electron chi connectivity index (χ3n) is 4.78. The first kappa shape index (κ1) is 15.4. The molecule has 5 heteroatoms. The van der Waals surface area contributed by atoms with Crippen molar-refractivity contribution in [1.29, 1.82) is 0 Å². The summed E-state index contributed by atoms with van der Waals surface area (Å²) in [6.45, 7) is 3.69. The van der Waals surface area contributed by atoms with E-state index in [1.165, 1.54) is 6.07 Å². The Kier molecular flexibility index (Phi) is 3.39. The Morgan fingerprint density at radius 2 is 1.88 bits per heavy atom. The van der Waals surface area contributed by atoms with Crippen molar-refractivity contribution < 1.29 is 14.3 Å². The van der Waals surface area contributed by atoms with Crippen LogP contribution in [0.15, 0.2) is 45.6 Å². The molecule has 4 rings (SSSR count). The third-order valence-corrected chi connectivity index (χ3v) is 4.78. The molecule has 0 aliphatic carbocycles. The van der Waals surface area contributed by atoms with Gasteiger partial charge in [0.05, 0.1) is 0 Å². The maximum atomic E-state index is 12.1. The van der Waals surface area contributed by atoms with Gasteiger partial charge in [-0.2, -0.15) is 0 Å². The quantitative estimate of drug-likeness (QED) is 0.666. The molecule has 0 saturated carbocycles. The largest absolute Gasteiger partial charge is 0.508 e. The van der Waals surface area contributed by atoms with E-state index in [1.54, 1.807) is 6.07 Å². The molecular formula is C20H17NO4. The molecule has 25 heavy (non-hydrogen) atoms. The molecular weight excluding hydrogens is 318 g/mol. The molecule has 0 bridgehead atoms. The van der Waals surface area contributed by atoms with Crippen molar-refractivity contribution in [3.05, 3.63) is 69.1 Å². The van der Waals surface area contributed by atoms with Gasteiger partial charge < -0.3 is 14.8 Å². The first-order chi connectivity index (χ1) is 11.9. The number of phenolic OH excluding ortho intramolecular Hbond substituents is 1. The third kappa shape index (κ3) is 2.58. The highest BCUT2D eigenvalue weighted by atomic mass is 16.4. The molecule has 1 aliphatic heterocycles. The van der Waals surface area contributed by atoms with E-state index < -0.39 is 0 Å². The summed E-state index contributed by atoms with van der Waals surface area (Å²) in [6, 6.07) is 10.7. The van der Waals surface area contributed by atoms with Gasteiger partial charge in [-0.05, 0) is 48.2 Å². The van der Waals surface area contributed by atoms with Crippen LogP contribution in [0.3, 0.4) is 0 Å². The van der Waals surface area contributed by atoms with Crippen LogP contribution in [0.2, 0.25) is 0 Å². The van der Waals surface area contributed by atoms with Crippen LogP contribution in [0, 0.1) is 13.8 Å². The van der Waals surface area contributed by atoms with Gasteiger partial charge in [0.25, 0.3) is 0 Å². The predicted octanol–water partition coefficient (Wildman–Crippen LogP) is 3.59. The first-order valence-corrected chi connectivity index (χ1v) is 8.10. The number of nitrogens with one attached hydrogen (secondary N) is 1. The van der Waals surface area contributed by atoms with E-state index >= 15 is 0 Å². The van der Waals surface area contributed by atoms with Crippen molar-refractivity contribution in [2.24, 2.45) is 0 Å². The Morgan fingerprint density at radius 1 is 1.08 bits per heavy atom. The topological polar surface area (TPSA) is 79.5 Å². The van der Waals surface area contributed by atoms with E-state index in [0.29, 0.717) is 17.7 Å². The average Bonchev–Trinajstić information content (AvgIpc) is 2.55. The number of fused-ring (bicyclic) bond motifs is 2. The lowest BCUT2D eigenvalue weighted by atomic mass is 9.83. The van der Waals surface area contributed by atoms with Gasteiger partial charge in [0.15, 0.2) is 0 Å². The lowest BCUT2D eigenvalue weighted by Crippen LogP contribution is -2.23. The van der Waals surface area contributed by atoms with Crippen LogP contribution in [0.5, 0.6) is 5.75 Å². The number of carbonyl (C=O) groups is 1. The summed E-state index contributed by atoms with van der Waals surface area (Å²) < 4.78 is 5.34. The highest BCUT2D eigenvalue weighted by Gasteiger charge is 2.27. The zero-order chi connectivity index (χ0) is 17.7. The molecule has 0 saturated heterocycles. The lowest BCUT2D eigenvalue weighted by Gasteiger charge is -2.27. The maximum Gasteiger partial charge on any atom is 0.336 e. The van der Waals surface area contributed by atoms with Crippen LogP contribution in [-0.2, 0) is 4.79 Å². The van der Waals surface area contributed by atoms with Crippen molar-refractivity contribution in [3.8, 4) is 5.75 Å². The zero-order valence-corrected chi connectivity index (χ0v) is 13.9. The van der Waals surface area contributed by atoms with E-state index in [2.05, 4.69) is 5.32 Å². The Labute approximate surface area is 143 Å². The van der Waals surface area contributed by atoms with Gasteiger partial charge in [-0.3, -0.25) is 4.79 Å². The summed E-state index contributed by atoms with van der Waals surface area (Å²) >= 11 is 0. The number of aryl methyl sites for hydroxylation is 2. The van der Waals surface area contributed by atoms with E-state index in [1.807, 2.05) is 38.1 Å². The second-order valence-corrected chi connectivity index (χ2v) is 6.53. The van der Waals surface area contributed by atoms with Gasteiger partial charge in [-0.15, -0.1) is 0 Å². The van der Waals surface area contributed by atoms with Crippen LogP contribution in [-0.4, -0.2) is 11.0 Å². The highest BCUT2D eigenvalue weighted by Crippen LogP contribution is 2.40. The SMILES string of the molecule is Cc1cc2c(cc1O)NC(=O)C[C@H]2c1ccc2c(C)cc(=O)oc2c1. The second kappa shape index (κ2) is 5.48. The lowest BCUT2D eigenvalue weighted by molar-refractivity contribution is -0.116. The second-order valence-electron chi connectivity index (χ2n) is 6.53. The summed E-state index contributed by atoms with van der Waals surface area (Å²) in [5.41, 5.74) is 4.22. The predicted molar refractivity (Wildman–Crippen MR) is 95.2 cm³/mol. The highest BCUT2D eigenvalue weighted by molar-refractivity contribution is 5.96. The molecule has 1 amide bonds. The van der Waals surface area contributed by atoms with Crippen molar-refractivity contribution >= 4 is 22.6 Å². The molecule has 0 spiro atoms. The number of anilines is 1. The van der Waals surface area contributed by atoms with Gasteiger partial charge in [0, 0.05) is 35.5 Å². The van der Waals surface area contributed by atoms with Gasteiger partial charge >= 0.3 is 5.63 Å². The van der Waals surface area contributed by atoms with E-state index in [4.69, 9.17) is 4.42 Å². The number of aromatic hydroxyl groups is 1. The summed E-state index contributed by atoms with van der Waals surface area (Å²) in [5, 5.41) is 13.6. The molecule has 0 radical (unpaired) electrons. The van der Waals surface area contributed by atoms with Gasteiger partial charge in [0.1, 0.15) is 11.3 Å². The number of rotatable bonds is 1. The normalized spacial score (nSPS) is 16.6. The van der Waals surface area contributed by atoms with Crippen LogP contribution >= 0.6 is 0 Å². The van der Waals surface area contributed by atoms with Crippen molar-refractivity contribution in [2.75, 3.05) is 5.32 Å². The number of hydrogen-bond donors (Lipinski definition) is 2. The molecule has 1 aromatic heterocycles. The van der Waals surface area contributed by atoms with Crippen LogP contribution in [0.25, 0.3) is 11.0 Å². The van der Waals surface area contributed by atoms with Crippen molar-refractivity contribution in [3.63, 3.8) is 0 Å². The van der Waals surface area contributed by atoms with Crippen molar-refractivity contribution in [1.82, 2.24) is 0 Å². The molecule has 2 heterocycles. The minimum Gasteiger partial charge on any atom is -0.508 e. The summed E-state index contributed by atoms with van der Waals surface area (Å²) in [5.74, 6) is -0.107. The van der Waals surface area contributed by atoms with E-state index in [0.717, 1.165) is 27.6 Å². The average molecular weight is 335 g/mol. The van der Waals surface area contributed by atoms with Crippen LogP contribution in [0.4, 0.5) is 5.69 Å². The maximum absolute atomic E-state index is 12.1.